The molecule has 0 bridgehead atoms. The van der Waals surface area contributed by atoms with Crippen LogP contribution in [0.25, 0.3) is 10.2 Å². The van der Waals surface area contributed by atoms with Crippen LogP contribution in [0.4, 0.5) is 0 Å². The molecule has 0 amide bonds. The molecule has 0 atom stereocenters. The van der Waals surface area contributed by atoms with E-state index in [4.69, 9.17) is 12.2 Å². The molecule has 11 heavy (non-hydrogen) atoms. The van der Waals surface area contributed by atoms with Gasteiger partial charge in [0.2, 0.25) is 0 Å². The Bertz CT molecular complexity index is 392. The number of hydrogen-bond donors (Lipinski definition) is 0. The van der Waals surface area contributed by atoms with E-state index in [1.807, 2.05) is 23.7 Å². The quantitative estimate of drug-likeness (QED) is 0.624. The smallest absolute Gasteiger partial charge is 0.0818 e. The van der Waals surface area contributed by atoms with Crippen LogP contribution in [0.3, 0.4) is 0 Å². The maximum absolute atomic E-state index is 4.87. The van der Waals surface area contributed by atoms with E-state index in [-0.39, 0.29) is 0 Å². The van der Waals surface area contributed by atoms with Crippen LogP contribution < -0.4 is 0 Å². The highest BCUT2D eigenvalue weighted by Crippen LogP contribution is 2.20. The van der Waals surface area contributed by atoms with Crippen molar-refractivity contribution >= 4 is 39.1 Å². The number of nitrogens with zero attached hydrogens (tertiary/aromatic N) is 1. The van der Waals surface area contributed by atoms with Gasteiger partial charge in [0.1, 0.15) is 0 Å². The number of hydrogen-bond acceptors (Lipinski definition) is 3. The number of thiazole rings is 1. The Morgan fingerprint density at radius 1 is 1.45 bits per heavy atom. The molecular weight excluding hydrogens is 174 g/mol. The minimum Gasteiger partial charge on any atom is -0.245 e. The third-order valence-corrected chi connectivity index (χ3v) is 2.66. The van der Waals surface area contributed by atoms with Crippen LogP contribution in [0.15, 0.2) is 23.7 Å². The van der Waals surface area contributed by atoms with Gasteiger partial charge in [0.15, 0.2) is 0 Å². The van der Waals surface area contributed by atoms with Gasteiger partial charge in [-0.05, 0) is 6.07 Å². The fourth-order valence-electron chi connectivity index (χ4n) is 1.00. The molecule has 0 radical (unpaired) electrons. The summed E-state index contributed by atoms with van der Waals surface area (Å²) >= 11 is 6.50. The largest absolute Gasteiger partial charge is 0.245 e. The molecular formula is C8H5NS2. The Labute approximate surface area is 73.7 Å². The Balaban J connectivity index is 2.88. The molecule has 1 aromatic carbocycles. The topological polar surface area (TPSA) is 12.9 Å². The minimum absolute atomic E-state index is 1.04. The lowest BCUT2D eigenvalue weighted by molar-refractivity contribution is 1.50. The van der Waals surface area contributed by atoms with Crippen molar-refractivity contribution in [2.24, 2.45) is 0 Å². The molecule has 0 saturated heterocycles. The summed E-state index contributed by atoms with van der Waals surface area (Å²) in [6.45, 7) is 0. The van der Waals surface area contributed by atoms with Gasteiger partial charge in [0, 0.05) is 10.9 Å². The highest BCUT2D eigenvalue weighted by Gasteiger charge is 1.98. The van der Waals surface area contributed by atoms with Crippen molar-refractivity contribution in [3.63, 3.8) is 0 Å². The zero-order valence-corrected chi connectivity index (χ0v) is 7.28. The molecule has 0 aliphatic carbocycles. The van der Waals surface area contributed by atoms with E-state index in [2.05, 4.69) is 4.98 Å². The summed E-state index contributed by atoms with van der Waals surface area (Å²) in [5, 5.41) is 1.69. The molecule has 1 nitrogen and oxygen atoms in total. The van der Waals surface area contributed by atoms with E-state index in [0.717, 1.165) is 11.1 Å². The first kappa shape index (κ1) is 6.88. The van der Waals surface area contributed by atoms with E-state index < -0.39 is 0 Å². The third kappa shape index (κ3) is 1.06. The Hall–Kier alpha value is -0.800. The molecule has 0 aliphatic rings. The highest BCUT2D eigenvalue weighted by molar-refractivity contribution is 7.79. The first-order chi connectivity index (χ1) is 5.42. The molecule has 1 aromatic heterocycles. The first-order valence-corrected chi connectivity index (χ1v) is 4.54. The number of rotatable bonds is 1. The number of aromatic nitrogens is 1. The Kier molecular flexibility index (Phi) is 1.68. The van der Waals surface area contributed by atoms with E-state index in [1.165, 1.54) is 4.70 Å². The average Bonchev–Trinajstić information content (AvgIpc) is 2.50. The molecule has 0 spiro atoms. The number of thiocarbonyl (C=S) groups is 1. The fraction of sp³-hybridized carbons (Fsp3) is 0. The number of fused-ring (bicyclic) bond motifs is 1. The maximum Gasteiger partial charge on any atom is 0.0818 e. The van der Waals surface area contributed by atoms with Crippen LogP contribution in [-0.2, 0) is 0 Å². The first-order valence-electron chi connectivity index (χ1n) is 3.19. The highest BCUT2D eigenvalue weighted by atomic mass is 32.1. The van der Waals surface area contributed by atoms with Gasteiger partial charge >= 0.3 is 0 Å². The van der Waals surface area contributed by atoms with Crippen molar-refractivity contribution in [2.75, 3.05) is 0 Å². The monoisotopic (exact) mass is 179 g/mol. The summed E-state index contributed by atoms with van der Waals surface area (Å²) in [6.07, 6.45) is 0. The normalized spacial score (nSPS) is 10.2. The van der Waals surface area contributed by atoms with Crippen molar-refractivity contribution in [2.45, 2.75) is 0 Å². The van der Waals surface area contributed by atoms with Gasteiger partial charge in [-0.3, -0.25) is 0 Å². The van der Waals surface area contributed by atoms with Gasteiger partial charge in [0.05, 0.1) is 15.7 Å². The lowest BCUT2D eigenvalue weighted by atomic mass is 10.2. The number of benzene rings is 1. The molecule has 0 saturated carbocycles. The predicted molar refractivity (Wildman–Crippen MR) is 52.4 cm³/mol. The molecule has 3 heteroatoms. The Morgan fingerprint density at radius 3 is 3.18 bits per heavy atom. The summed E-state index contributed by atoms with van der Waals surface area (Å²) in [5.74, 6) is 0. The van der Waals surface area contributed by atoms with Gasteiger partial charge in [0.25, 0.3) is 0 Å². The van der Waals surface area contributed by atoms with Gasteiger partial charge < -0.3 is 0 Å². The summed E-state index contributed by atoms with van der Waals surface area (Å²) in [7, 11) is 0. The molecule has 1 heterocycles. The molecule has 2 aromatic rings. The SMILES string of the molecule is S=Cc1cccc2ncsc12. The van der Waals surface area contributed by atoms with E-state index >= 15 is 0 Å². The summed E-state index contributed by atoms with van der Waals surface area (Å²) in [6, 6.07) is 5.97. The van der Waals surface area contributed by atoms with Crippen molar-refractivity contribution in [3.8, 4) is 0 Å². The van der Waals surface area contributed by atoms with Crippen molar-refractivity contribution in [3.05, 3.63) is 29.3 Å². The van der Waals surface area contributed by atoms with E-state index in [1.54, 1.807) is 16.7 Å². The van der Waals surface area contributed by atoms with Crippen LogP contribution in [0.1, 0.15) is 5.56 Å². The van der Waals surface area contributed by atoms with Gasteiger partial charge in [-0.25, -0.2) is 4.98 Å². The molecule has 2 rings (SSSR count). The van der Waals surface area contributed by atoms with Crippen LogP contribution >= 0.6 is 23.6 Å². The van der Waals surface area contributed by atoms with Crippen molar-refractivity contribution < 1.29 is 0 Å². The van der Waals surface area contributed by atoms with Crippen molar-refractivity contribution in [1.82, 2.24) is 4.98 Å². The second kappa shape index (κ2) is 2.68. The van der Waals surface area contributed by atoms with Gasteiger partial charge in [-0.2, -0.15) is 0 Å². The van der Waals surface area contributed by atoms with Gasteiger partial charge in [-0.15, -0.1) is 11.3 Å². The zero-order chi connectivity index (χ0) is 7.68. The van der Waals surface area contributed by atoms with E-state index in [9.17, 15) is 0 Å². The second-order valence-corrected chi connectivity index (χ2v) is 3.26. The van der Waals surface area contributed by atoms with Crippen molar-refractivity contribution in [1.29, 1.82) is 0 Å². The molecule has 0 unspecified atom stereocenters. The molecule has 0 N–H and O–H groups in total. The van der Waals surface area contributed by atoms with E-state index in [0.29, 0.717) is 0 Å². The molecule has 54 valence electrons. The van der Waals surface area contributed by atoms with Crippen LogP contribution in [0.5, 0.6) is 0 Å². The predicted octanol–water partition coefficient (Wildman–Crippen LogP) is 2.64. The lowest BCUT2D eigenvalue weighted by Gasteiger charge is -1.90. The summed E-state index contributed by atoms with van der Waals surface area (Å²) < 4.78 is 1.18. The minimum atomic E-state index is 1.04. The van der Waals surface area contributed by atoms with Crippen LogP contribution in [0.2, 0.25) is 0 Å². The second-order valence-electron chi connectivity index (χ2n) is 2.17. The maximum atomic E-state index is 4.87. The standard InChI is InChI=1S/C8H5NS2/c10-4-6-2-1-3-7-8(6)11-5-9-7/h1-5H. The van der Waals surface area contributed by atoms with Gasteiger partial charge in [-0.1, -0.05) is 24.4 Å². The molecule has 0 fully saturated rings. The average molecular weight is 179 g/mol. The zero-order valence-electron chi connectivity index (χ0n) is 5.65. The fourth-order valence-corrected chi connectivity index (χ4v) is 2.05. The molecule has 0 aliphatic heterocycles. The van der Waals surface area contributed by atoms with Crippen LogP contribution in [0, 0.1) is 0 Å². The summed E-state index contributed by atoms with van der Waals surface area (Å²) in [4.78, 5) is 4.18. The Morgan fingerprint density at radius 2 is 2.36 bits per heavy atom. The van der Waals surface area contributed by atoms with Crippen LogP contribution in [-0.4, -0.2) is 10.4 Å². The summed E-state index contributed by atoms with van der Waals surface area (Å²) in [5.41, 5.74) is 3.97. The third-order valence-electron chi connectivity index (χ3n) is 1.51. The lowest BCUT2D eigenvalue weighted by Crippen LogP contribution is -1.76.